The van der Waals surface area contributed by atoms with Crippen LogP contribution in [0.1, 0.15) is 31.4 Å². The fourth-order valence-corrected chi connectivity index (χ4v) is 1.17. The number of rotatable bonds is 4. The summed E-state index contributed by atoms with van der Waals surface area (Å²) < 4.78 is 0. The maximum absolute atomic E-state index is 11.2. The molecule has 0 aromatic heterocycles. The first kappa shape index (κ1) is 22.8. The lowest BCUT2D eigenvalue weighted by Gasteiger charge is -1.97. The smallest absolute Gasteiger partial charge is 0.159 e. The van der Waals surface area contributed by atoms with Crippen LogP contribution in [0.5, 0.6) is 0 Å². The van der Waals surface area contributed by atoms with Crippen LogP contribution in [0.4, 0.5) is 0 Å². The molecule has 1 nitrogen and oxygen atoms in total. The molecule has 108 valence electrons. The summed E-state index contributed by atoms with van der Waals surface area (Å²) in [5.41, 5.74) is 2.26. The third-order valence-corrected chi connectivity index (χ3v) is 1.98. The van der Waals surface area contributed by atoms with E-state index in [1.807, 2.05) is 51.1 Å². The van der Waals surface area contributed by atoms with Crippen molar-refractivity contribution in [3.63, 3.8) is 0 Å². The van der Waals surface area contributed by atoms with Gasteiger partial charge < -0.3 is 0 Å². The summed E-state index contributed by atoms with van der Waals surface area (Å²) in [4.78, 5) is 11.2. The highest BCUT2D eigenvalue weighted by Crippen LogP contribution is 2.08. The molecular weight excluding hydrogens is 244 g/mol. The van der Waals surface area contributed by atoms with E-state index in [2.05, 4.69) is 32.6 Å². The SMILES string of the molecule is C#C.C=C.C=CCC(=O)/C=C/c1ccccc1C.CC. The number of ketones is 1. The minimum atomic E-state index is 0.0863. The third-order valence-electron chi connectivity index (χ3n) is 1.98. The van der Waals surface area contributed by atoms with Crippen LogP contribution in [-0.2, 0) is 4.79 Å². The van der Waals surface area contributed by atoms with Crippen molar-refractivity contribution in [2.24, 2.45) is 0 Å². The molecule has 0 aliphatic rings. The molecule has 0 spiro atoms. The normalized spacial score (nSPS) is 7.85. The van der Waals surface area contributed by atoms with Crippen LogP contribution >= 0.6 is 0 Å². The van der Waals surface area contributed by atoms with Gasteiger partial charge in [0.25, 0.3) is 0 Å². The first-order valence-electron chi connectivity index (χ1n) is 6.45. The molecule has 20 heavy (non-hydrogen) atoms. The zero-order chi connectivity index (χ0) is 16.4. The van der Waals surface area contributed by atoms with E-state index in [-0.39, 0.29) is 5.78 Å². The molecule has 0 heterocycles. The molecule has 1 heteroatoms. The van der Waals surface area contributed by atoms with E-state index in [1.165, 1.54) is 5.56 Å². The molecule has 0 saturated heterocycles. The van der Waals surface area contributed by atoms with Gasteiger partial charge in [-0.3, -0.25) is 4.79 Å². The topological polar surface area (TPSA) is 17.1 Å². The van der Waals surface area contributed by atoms with Gasteiger partial charge in [-0.1, -0.05) is 50.3 Å². The number of terminal acetylenes is 1. The van der Waals surface area contributed by atoms with Crippen LogP contribution in [0.15, 0.2) is 56.2 Å². The van der Waals surface area contributed by atoms with Crippen molar-refractivity contribution in [2.75, 3.05) is 0 Å². The summed E-state index contributed by atoms with van der Waals surface area (Å²) >= 11 is 0. The lowest BCUT2D eigenvalue weighted by Crippen LogP contribution is -1.88. The number of aryl methyl sites for hydroxylation is 1. The highest BCUT2D eigenvalue weighted by atomic mass is 16.1. The van der Waals surface area contributed by atoms with Crippen molar-refractivity contribution >= 4 is 11.9 Å². The highest BCUT2D eigenvalue weighted by Gasteiger charge is 1.93. The van der Waals surface area contributed by atoms with E-state index < -0.39 is 0 Å². The maximum Gasteiger partial charge on any atom is 0.159 e. The Labute approximate surface area is 124 Å². The average Bonchev–Trinajstić information content (AvgIpc) is 2.53. The number of benzene rings is 1. The lowest BCUT2D eigenvalue weighted by atomic mass is 10.1. The van der Waals surface area contributed by atoms with Gasteiger partial charge in [-0.15, -0.1) is 32.6 Å². The summed E-state index contributed by atoms with van der Waals surface area (Å²) in [6.07, 6.45) is 13.5. The van der Waals surface area contributed by atoms with Crippen LogP contribution in [0.25, 0.3) is 6.08 Å². The van der Waals surface area contributed by atoms with Gasteiger partial charge in [0.15, 0.2) is 5.78 Å². The second-order valence-electron chi connectivity index (χ2n) is 3.15. The number of hydrogen-bond donors (Lipinski definition) is 0. The number of carbonyl (C=O) groups excluding carboxylic acids is 1. The van der Waals surface area contributed by atoms with Gasteiger partial charge in [-0.05, 0) is 24.1 Å². The van der Waals surface area contributed by atoms with Crippen molar-refractivity contribution in [1.82, 2.24) is 0 Å². The Hall–Kier alpha value is -2.33. The van der Waals surface area contributed by atoms with E-state index in [4.69, 9.17) is 0 Å². The zero-order valence-electron chi connectivity index (χ0n) is 12.9. The first-order chi connectivity index (χ1) is 9.74. The quantitative estimate of drug-likeness (QED) is 0.416. The van der Waals surface area contributed by atoms with E-state index >= 15 is 0 Å². The Morgan fingerprint density at radius 3 is 2.15 bits per heavy atom. The van der Waals surface area contributed by atoms with Gasteiger partial charge in [-0.2, -0.15) is 0 Å². The van der Waals surface area contributed by atoms with Gasteiger partial charge in [-0.25, -0.2) is 0 Å². The first-order valence-corrected chi connectivity index (χ1v) is 6.45. The molecule has 0 unspecified atom stereocenters. The molecule has 0 aliphatic carbocycles. The molecule has 0 bridgehead atoms. The molecule has 0 fully saturated rings. The van der Waals surface area contributed by atoms with E-state index in [1.54, 1.807) is 12.2 Å². The van der Waals surface area contributed by atoms with Crippen molar-refractivity contribution in [1.29, 1.82) is 0 Å². The van der Waals surface area contributed by atoms with Crippen LogP contribution in [0, 0.1) is 19.8 Å². The molecule has 1 rings (SSSR count). The molecule has 0 saturated carbocycles. The van der Waals surface area contributed by atoms with Crippen molar-refractivity contribution in [2.45, 2.75) is 27.2 Å². The van der Waals surface area contributed by atoms with Gasteiger partial charge >= 0.3 is 0 Å². The number of hydrogen-bond acceptors (Lipinski definition) is 1. The summed E-state index contributed by atoms with van der Waals surface area (Å²) in [5.74, 6) is 0.0863. The predicted octanol–water partition coefficient (Wildman–Crippen LogP) is 5.23. The van der Waals surface area contributed by atoms with Crippen LogP contribution in [0.2, 0.25) is 0 Å². The summed E-state index contributed by atoms with van der Waals surface area (Å²) in [6.45, 7) is 15.5. The average molecular weight is 270 g/mol. The third kappa shape index (κ3) is 12.1. The summed E-state index contributed by atoms with van der Waals surface area (Å²) in [5, 5.41) is 0. The fraction of sp³-hybridized carbons (Fsp3) is 0.211. The lowest BCUT2D eigenvalue weighted by molar-refractivity contribution is -0.113. The van der Waals surface area contributed by atoms with E-state index in [9.17, 15) is 4.79 Å². The van der Waals surface area contributed by atoms with Gasteiger partial charge in [0.05, 0.1) is 0 Å². The molecular formula is C19H26O. The Balaban J connectivity index is -0.000000425. The number of carbonyl (C=O) groups is 1. The Bertz CT molecular complexity index is 411. The molecule has 1 aromatic rings. The van der Waals surface area contributed by atoms with Gasteiger partial charge in [0, 0.05) is 6.42 Å². The van der Waals surface area contributed by atoms with Gasteiger partial charge in [0.2, 0.25) is 0 Å². The van der Waals surface area contributed by atoms with E-state index in [0.717, 1.165) is 5.56 Å². The minimum absolute atomic E-state index is 0.0863. The number of allylic oxidation sites excluding steroid dienone is 2. The molecule has 1 aromatic carbocycles. The minimum Gasteiger partial charge on any atom is -0.295 e. The Morgan fingerprint density at radius 1 is 1.20 bits per heavy atom. The second kappa shape index (κ2) is 19.0. The van der Waals surface area contributed by atoms with Crippen molar-refractivity contribution < 1.29 is 4.79 Å². The molecule has 0 amide bonds. The Kier molecular flexibility index (Phi) is 21.7. The standard InChI is InChI=1S/C13H14O.C2H6.C2H4.C2H2/c1-3-6-13(14)10-9-12-8-5-4-7-11(12)2;3*1-2/h3-5,7-10H,1,6H2,2H3;1-2H3;1-2H2;1-2H/b10-9+;;;. The van der Waals surface area contributed by atoms with Crippen molar-refractivity contribution in [3.05, 3.63) is 67.3 Å². The monoisotopic (exact) mass is 270 g/mol. The molecule has 0 aliphatic heterocycles. The maximum atomic E-state index is 11.2. The van der Waals surface area contributed by atoms with Crippen LogP contribution in [-0.4, -0.2) is 5.78 Å². The van der Waals surface area contributed by atoms with Crippen molar-refractivity contribution in [3.8, 4) is 12.8 Å². The van der Waals surface area contributed by atoms with Crippen LogP contribution < -0.4 is 0 Å². The summed E-state index contributed by atoms with van der Waals surface area (Å²) in [6, 6.07) is 7.97. The fourth-order valence-electron chi connectivity index (χ4n) is 1.17. The highest BCUT2D eigenvalue weighted by molar-refractivity contribution is 5.94. The summed E-state index contributed by atoms with van der Waals surface area (Å²) in [7, 11) is 0. The van der Waals surface area contributed by atoms with Gasteiger partial charge in [0.1, 0.15) is 0 Å². The van der Waals surface area contributed by atoms with Crippen LogP contribution in [0.3, 0.4) is 0 Å². The zero-order valence-corrected chi connectivity index (χ0v) is 12.9. The largest absolute Gasteiger partial charge is 0.295 e. The van der Waals surface area contributed by atoms with E-state index in [0.29, 0.717) is 6.42 Å². The molecule has 0 atom stereocenters. The predicted molar refractivity (Wildman–Crippen MR) is 92.5 cm³/mol. The Morgan fingerprint density at radius 2 is 1.70 bits per heavy atom. The molecule has 0 radical (unpaired) electrons. The second-order valence-corrected chi connectivity index (χ2v) is 3.15. The molecule has 0 N–H and O–H groups in total.